The van der Waals surface area contributed by atoms with Crippen LogP contribution in [0.1, 0.15) is 16.8 Å². The molecule has 1 aromatic heterocycles. The molecule has 1 atom stereocenters. The number of carbonyl (C=O) groups is 1. The molecule has 1 unspecified atom stereocenters. The van der Waals surface area contributed by atoms with Crippen LogP contribution in [-0.4, -0.2) is 37.2 Å². The lowest BCUT2D eigenvalue weighted by atomic mass is 10.2. The van der Waals surface area contributed by atoms with Crippen LogP contribution in [0, 0.1) is 0 Å². The van der Waals surface area contributed by atoms with Gasteiger partial charge in [-0.2, -0.15) is 4.98 Å². The molecule has 1 amide bonds. The molecular formula is C13H15N3O3. The fourth-order valence-electron chi connectivity index (χ4n) is 2.37. The fraction of sp³-hybridized carbons (Fsp3) is 0.385. The average Bonchev–Trinajstić information content (AvgIpc) is 3.03. The first-order valence-electron chi connectivity index (χ1n) is 6.16. The molecule has 1 aromatic carbocycles. The number of oxazole rings is 1. The molecule has 2 aromatic rings. The quantitative estimate of drug-likeness (QED) is 0.896. The van der Waals surface area contributed by atoms with E-state index in [1.54, 1.807) is 25.3 Å². The smallest absolute Gasteiger partial charge is 0.298 e. The SMILES string of the molecule is COC1CCN(c2nc3c(C(N)=O)cccc3o2)C1. The van der Waals surface area contributed by atoms with Crippen LogP contribution in [0.2, 0.25) is 0 Å². The summed E-state index contributed by atoms with van der Waals surface area (Å²) in [6.07, 6.45) is 1.14. The zero-order valence-corrected chi connectivity index (χ0v) is 10.6. The van der Waals surface area contributed by atoms with Gasteiger partial charge in [-0.1, -0.05) is 6.07 Å². The first kappa shape index (κ1) is 12.0. The maximum absolute atomic E-state index is 11.4. The molecule has 19 heavy (non-hydrogen) atoms. The van der Waals surface area contributed by atoms with Crippen LogP contribution in [0.5, 0.6) is 0 Å². The molecule has 100 valence electrons. The second-order valence-electron chi connectivity index (χ2n) is 4.61. The van der Waals surface area contributed by atoms with E-state index in [0.29, 0.717) is 22.7 Å². The molecule has 2 N–H and O–H groups in total. The summed E-state index contributed by atoms with van der Waals surface area (Å²) in [5.74, 6) is -0.498. The third-order valence-electron chi connectivity index (χ3n) is 3.42. The van der Waals surface area contributed by atoms with Crippen LogP contribution >= 0.6 is 0 Å². The maximum atomic E-state index is 11.4. The third kappa shape index (κ3) is 2.04. The number of fused-ring (bicyclic) bond motifs is 1. The number of nitrogens with zero attached hydrogens (tertiary/aromatic N) is 2. The molecule has 1 fully saturated rings. The van der Waals surface area contributed by atoms with Crippen molar-refractivity contribution in [3.05, 3.63) is 23.8 Å². The van der Waals surface area contributed by atoms with Gasteiger partial charge in [0.2, 0.25) is 0 Å². The Morgan fingerprint density at radius 1 is 1.58 bits per heavy atom. The number of carbonyl (C=O) groups excluding carboxylic acids is 1. The molecule has 0 bridgehead atoms. The van der Waals surface area contributed by atoms with E-state index in [0.717, 1.165) is 19.5 Å². The lowest BCUT2D eigenvalue weighted by Crippen LogP contribution is -2.22. The van der Waals surface area contributed by atoms with Gasteiger partial charge < -0.3 is 19.8 Å². The Bertz CT molecular complexity index is 623. The Balaban J connectivity index is 1.98. The van der Waals surface area contributed by atoms with Crippen molar-refractivity contribution in [2.45, 2.75) is 12.5 Å². The van der Waals surface area contributed by atoms with Crippen LogP contribution < -0.4 is 10.6 Å². The van der Waals surface area contributed by atoms with Gasteiger partial charge in [-0.3, -0.25) is 4.79 Å². The number of benzene rings is 1. The largest absolute Gasteiger partial charge is 0.423 e. The summed E-state index contributed by atoms with van der Waals surface area (Å²) >= 11 is 0. The number of hydrogen-bond donors (Lipinski definition) is 1. The number of rotatable bonds is 3. The Morgan fingerprint density at radius 3 is 3.11 bits per heavy atom. The van der Waals surface area contributed by atoms with Gasteiger partial charge in [0.1, 0.15) is 5.52 Å². The lowest BCUT2D eigenvalue weighted by molar-refractivity contribution is 0.100. The molecule has 1 saturated heterocycles. The summed E-state index contributed by atoms with van der Waals surface area (Å²) in [5, 5.41) is 0. The Labute approximate surface area is 110 Å². The van der Waals surface area contributed by atoms with Crippen LogP contribution in [0.25, 0.3) is 11.1 Å². The summed E-state index contributed by atoms with van der Waals surface area (Å²) in [6.45, 7) is 1.58. The van der Waals surface area contributed by atoms with E-state index >= 15 is 0 Å². The van der Waals surface area contributed by atoms with Crippen LogP contribution in [-0.2, 0) is 4.74 Å². The van der Waals surface area contributed by atoms with E-state index in [-0.39, 0.29) is 6.10 Å². The molecule has 0 saturated carbocycles. The van der Waals surface area contributed by atoms with Crippen molar-refractivity contribution in [2.75, 3.05) is 25.1 Å². The summed E-state index contributed by atoms with van der Waals surface area (Å²) in [5.41, 5.74) is 6.81. The fourth-order valence-corrected chi connectivity index (χ4v) is 2.37. The molecule has 1 aliphatic rings. The Hall–Kier alpha value is -2.08. The number of anilines is 1. The van der Waals surface area contributed by atoms with E-state index in [2.05, 4.69) is 4.98 Å². The zero-order chi connectivity index (χ0) is 13.4. The van der Waals surface area contributed by atoms with Gasteiger partial charge in [-0.05, 0) is 18.6 Å². The standard InChI is InChI=1S/C13H15N3O3/c1-18-8-5-6-16(7-8)13-15-11-9(12(14)17)3-2-4-10(11)19-13/h2-4,8H,5-7H2,1H3,(H2,14,17). The molecular weight excluding hydrogens is 246 g/mol. The number of hydrogen-bond acceptors (Lipinski definition) is 5. The highest BCUT2D eigenvalue weighted by molar-refractivity contribution is 6.03. The highest BCUT2D eigenvalue weighted by atomic mass is 16.5. The van der Waals surface area contributed by atoms with Gasteiger partial charge in [0.15, 0.2) is 5.58 Å². The normalized spacial score (nSPS) is 19.2. The molecule has 6 heteroatoms. The Morgan fingerprint density at radius 2 is 2.42 bits per heavy atom. The van der Waals surface area contributed by atoms with Crippen molar-refractivity contribution in [2.24, 2.45) is 5.73 Å². The van der Waals surface area contributed by atoms with Crippen molar-refractivity contribution < 1.29 is 13.9 Å². The molecule has 1 aliphatic heterocycles. The highest BCUT2D eigenvalue weighted by Crippen LogP contribution is 2.27. The molecule has 3 rings (SSSR count). The average molecular weight is 261 g/mol. The predicted octanol–water partition coefficient (Wildman–Crippen LogP) is 1.15. The van der Waals surface area contributed by atoms with Crippen LogP contribution in [0.15, 0.2) is 22.6 Å². The van der Waals surface area contributed by atoms with Gasteiger partial charge in [0.05, 0.1) is 11.7 Å². The molecule has 0 radical (unpaired) electrons. The molecule has 0 spiro atoms. The van der Waals surface area contributed by atoms with Gasteiger partial charge in [0.25, 0.3) is 11.9 Å². The molecule has 2 heterocycles. The van der Waals surface area contributed by atoms with Crippen molar-refractivity contribution >= 4 is 23.0 Å². The number of ether oxygens (including phenoxy) is 1. The van der Waals surface area contributed by atoms with Gasteiger partial charge >= 0.3 is 0 Å². The van der Waals surface area contributed by atoms with Gasteiger partial charge in [-0.15, -0.1) is 0 Å². The van der Waals surface area contributed by atoms with E-state index in [1.165, 1.54) is 0 Å². The minimum atomic E-state index is -0.498. The number of para-hydroxylation sites is 1. The lowest BCUT2D eigenvalue weighted by Gasteiger charge is -2.12. The summed E-state index contributed by atoms with van der Waals surface area (Å²) in [7, 11) is 1.70. The van der Waals surface area contributed by atoms with E-state index in [4.69, 9.17) is 14.9 Å². The monoisotopic (exact) mass is 261 g/mol. The van der Waals surface area contributed by atoms with E-state index in [1.807, 2.05) is 4.90 Å². The number of nitrogens with two attached hydrogens (primary N) is 1. The van der Waals surface area contributed by atoms with Crippen molar-refractivity contribution in [3.63, 3.8) is 0 Å². The highest BCUT2D eigenvalue weighted by Gasteiger charge is 2.26. The number of primary amides is 1. The summed E-state index contributed by atoms with van der Waals surface area (Å²) in [6, 6.07) is 5.68. The predicted molar refractivity (Wildman–Crippen MR) is 70.2 cm³/mol. The third-order valence-corrected chi connectivity index (χ3v) is 3.42. The minimum Gasteiger partial charge on any atom is -0.423 e. The van der Waals surface area contributed by atoms with Crippen molar-refractivity contribution in [1.82, 2.24) is 4.98 Å². The maximum Gasteiger partial charge on any atom is 0.298 e. The zero-order valence-electron chi connectivity index (χ0n) is 10.6. The minimum absolute atomic E-state index is 0.200. The number of methoxy groups -OCH3 is 1. The summed E-state index contributed by atoms with van der Waals surface area (Å²) in [4.78, 5) is 17.8. The van der Waals surface area contributed by atoms with E-state index in [9.17, 15) is 4.79 Å². The van der Waals surface area contributed by atoms with Crippen LogP contribution in [0.3, 0.4) is 0 Å². The van der Waals surface area contributed by atoms with Gasteiger partial charge in [0, 0.05) is 20.2 Å². The van der Waals surface area contributed by atoms with Crippen LogP contribution in [0.4, 0.5) is 6.01 Å². The molecule has 6 nitrogen and oxygen atoms in total. The Kier molecular flexibility index (Phi) is 2.87. The first-order valence-corrected chi connectivity index (χ1v) is 6.16. The second-order valence-corrected chi connectivity index (χ2v) is 4.61. The van der Waals surface area contributed by atoms with Gasteiger partial charge in [-0.25, -0.2) is 0 Å². The number of aromatic nitrogens is 1. The second kappa shape index (κ2) is 4.55. The van der Waals surface area contributed by atoms with E-state index < -0.39 is 5.91 Å². The van der Waals surface area contributed by atoms with Crippen molar-refractivity contribution in [3.8, 4) is 0 Å². The molecule has 0 aliphatic carbocycles. The first-order chi connectivity index (χ1) is 9.19. The topological polar surface area (TPSA) is 81.6 Å². The number of amides is 1. The summed E-state index contributed by atoms with van der Waals surface area (Å²) < 4.78 is 11.0. The van der Waals surface area contributed by atoms with Crippen molar-refractivity contribution in [1.29, 1.82) is 0 Å².